The van der Waals surface area contributed by atoms with Gasteiger partial charge in [-0.3, -0.25) is 4.40 Å². The molecule has 0 saturated carbocycles. The molecule has 0 spiro atoms. The highest BCUT2D eigenvalue weighted by Crippen LogP contribution is 2.31. The first-order valence-corrected chi connectivity index (χ1v) is 7.94. The molecule has 0 saturated heterocycles. The highest BCUT2D eigenvalue weighted by molar-refractivity contribution is 5.93. The van der Waals surface area contributed by atoms with Gasteiger partial charge in [-0.25, -0.2) is 14.2 Å². The number of aromatic nitrogens is 2. The van der Waals surface area contributed by atoms with E-state index in [0.29, 0.717) is 17.1 Å². The van der Waals surface area contributed by atoms with Crippen LogP contribution in [0.5, 0.6) is 5.75 Å². The summed E-state index contributed by atoms with van der Waals surface area (Å²) in [5, 5.41) is 8.31. The molecular weight excluding hydrogens is 339 g/mol. The fourth-order valence-corrected chi connectivity index (χ4v) is 2.42. The summed E-state index contributed by atoms with van der Waals surface area (Å²) in [6.45, 7) is 3.78. The molecule has 0 aliphatic heterocycles. The van der Waals surface area contributed by atoms with E-state index in [0.717, 1.165) is 5.56 Å². The van der Waals surface area contributed by atoms with Crippen LogP contribution >= 0.6 is 0 Å². The molecule has 0 radical (unpaired) electrons. The molecule has 134 valence electrons. The van der Waals surface area contributed by atoms with Crippen molar-refractivity contribution in [2.24, 2.45) is 10.2 Å². The Labute approximate surface area is 149 Å². The van der Waals surface area contributed by atoms with Gasteiger partial charge in [-0.15, -0.1) is 10.2 Å². The van der Waals surface area contributed by atoms with E-state index in [1.165, 1.54) is 29.8 Å². The zero-order valence-corrected chi connectivity index (χ0v) is 14.6. The smallest absolute Gasteiger partial charge is 0.360 e. The number of hydrogen-bond donors (Lipinski definition) is 0. The number of methoxy groups -OCH3 is 1. The predicted octanol–water partition coefficient (Wildman–Crippen LogP) is 4.38. The van der Waals surface area contributed by atoms with Gasteiger partial charge in [0.15, 0.2) is 11.5 Å². The molecule has 0 atom stereocenters. The van der Waals surface area contributed by atoms with Crippen LogP contribution in [0.4, 0.5) is 15.9 Å². The standard InChI is InChI=1S/C18H17FN4O3/c1-4-26-18(24)16-17(23-10-12(19)6-8-15(23)20-16)22-21-13-9-11(2)5-7-14(13)25-3/h5-10H,4H2,1-3H3. The highest BCUT2D eigenvalue weighted by Gasteiger charge is 2.21. The first-order valence-electron chi connectivity index (χ1n) is 7.94. The molecular formula is C18H17FN4O3. The van der Waals surface area contributed by atoms with Crippen LogP contribution in [0.15, 0.2) is 46.8 Å². The van der Waals surface area contributed by atoms with E-state index < -0.39 is 11.8 Å². The Morgan fingerprint density at radius 2 is 2.08 bits per heavy atom. The van der Waals surface area contributed by atoms with E-state index in [9.17, 15) is 9.18 Å². The van der Waals surface area contributed by atoms with E-state index in [-0.39, 0.29) is 18.1 Å². The third-order valence-electron chi connectivity index (χ3n) is 3.61. The number of ether oxygens (including phenoxy) is 2. The molecule has 0 N–H and O–H groups in total. The lowest BCUT2D eigenvalue weighted by Crippen LogP contribution is -2.05. The van der Waals surface area contributed by atoms with Crippen LogP contribution < -0.4 is 4.74 Å². The van der Waals surface area contributed by atoms with Gasteiger partial charge in [0.2, 0.25) is 0 Å². The van der Waals surface area contributed by atoms with Crippen molar-refractivity contribution in [1.82, 2.24) is 9.38 Å². The number of halogens is 1. The molecule has 26 heavy (non-hydrogen) atoms. The Bertz CT molecular complexity index is 998. The van der Waals surface area contributed by atoms with Crippen LogP contribution in [0.2, 0.25) is 0 Å². The largest absolute Gasteiger partial charge is 0.494 e. The van der Waals surface area contributed by atoms with E-state index in [1.54, 1.807) is 19.1 Å². The minimum absolute atomic E-state index is 0.0344. The van der Waals surface area contributed by atoms with Crippen molar-refractivity contribution in [2.75, 3.05) is 13.7 Å². The summed E-state index contributed by atoms with van der Waals surface area (Å²) in [7, 11) is 1.53. The molecule has 3 aromatic rings. The van der Waals surface area contributed by atoms with Crippen LogP contribution in [0, 0.1) is 12.7 Å². The Kier molecular flexibility index (Phi) is 4.92. The van der Waals surface area contributed by atoms with Crippen molar-refractivity contribution < 1.29 is 18.7 Å². The molecule has 7 nitrogen and oxygen atoms in total. The van der Waals surface area contributed by atoms with Crippen molar-refractivity contribution in [3.8, 4) is 5.75 Å². The van der Waals surface area contributed by atoms with Gasteiger partial charge in [0.1, 0.15) is 22.9 Å². The van der Waals surface area contributed by atoms with Crippen LogP contribution in [-0.2, 0) is 4.74 Å². The maximum Gasteiger partial charge on any atom is 0.360 e. The second-order valence-electron chi connectivity index (χ2n) is 5.46. The number of fused-ring (bicyclic) bond motifs is 1. The molecule has 0 amide bonds. The number of imidazole rings is 1. The number of carbonyl (C=O) groups is 1. The SMILES string of the molecule is CCOC(=O)c1nc2ccc(F)cn2c1N=Nc1cc(C)ccc1OC. The minimum atomic E-state index is -0.651. The molecule has 0 unspecified atom stereocenters. The fraction of sp³-hybridized carbons (Fsp3) is 0.222. The van der Waals surface area contributed by atoms with Crippen molar-refractivity contribution in [3.05, 3.63) is 53.6 Å². The molecule has 0 aliphatic rings. The Morgan fingerprint density at radius 1 is 1.27 bits per heavy atom. The van der Waals surface area contributed by atoms with Crippen LogP contribution in [0.3, 0.4) is 0 Å². The molecule has 3 rings (SSSR count). The third kappa shape index (κ3) is 3.39. The molecule has 0 bridgehead atoms. The summed E-state index contributed by atoms with van der Waals surface area (Å²) >= 11 is 0. The number of benzene rings is 1. The summed E-state index contributed by atoms with van der Waals surface area (Å²) in [6.07, 6.45) is 1.19. The zero-order valence-electron chi connectivity index (χ0n) is 14.6. The van der Waals surface area contributed by atoms with Gasteiger partial charge in [-0.1, -0.05) is 6.07 Å². The van der Waals surface area contributed by atoms with Crippen molar-refractivity contribution in [1.29, 1.82) is 0 Å². The van der Waals surface area contributed by atoms with Crippen molar-refractivity contribution >= 4 is 23.1 Å². The lowest BCUT2D eigenvalue weighted by Gasteiger charge is -2.04. The average molecular weight is 356 g/mol. The summed E-state index contributed by atoms with van der Waals surface area (Å²) in [6, 6.07) is 8.14. The number of hydrogen-bond acceptors (Lipinski definition) is 6. The topological polar surface area (TPSA) is 77.5 Å². The number of esters is 1. The lowest BCUT2D eigenvalue weighted by atomic mass is 10.2. The number of pyridine rings is 1. The normalized spacial score (nSPS) is 11.2. The second-order valence-corrected chi connectivity index (χ2v) is 5.46. The summed E-state index contributed by atoms with van der Waals surface area (Å²) in [4.78, 5) is 16.4. The number of carbonyl (C=O) groups excluding carboxylic acids is 1. The minimum Gasteiger partial charge on any atom is -0.494 e. The average Bonchev–Trinajstić information content (AvgIpc) is 2.98. The summed E-state index contributed by atoms with van der Waals surface area (Å²) in [5.74, 6) is -0.532. The maximum atomic E-state index is 13.7. The monoisotopic (exact) mass is 356 g/mol. The quantitative estimate of drug-likeness (QED) is 0.502. The van der Waals surface area contributed by atoms with E-state index in [1.807, 2.05) is 13.0 Å². The van der Waals surface area contributed by atoms with E-state index in [4.69, 9.17) is 9.47 Å². The number of rotatable bonds is 5. The van der Waals surface area contributed by atoms with Gasteiger partial charge in [0.05, 0.1) is 13.7 Å². The Balaban J connectivity index is 2.13. The lowest BCUT2D eigenvalue weighted by molar-refractivity contribution is 0.0521. The van der Waals surface area contributed by atoms with E-state index in [2.05, 4.69) is 15.2 Å². The maximum absolute atomic E-state index is 13.7. The van der Waals surface area contributed by atoms with Gasteiger partial charge < -0.3 is 9.47 Å². The summed E-state index contributed by atoms with van der Waals surface area (Å²) < 4.78 is 25.3. The van der Waals surface area contributed by atoms with Gasteiger partial charge in [0.25, 0.3) is 0 Å². The van der Waals surface area contributed by atoms with Gasteiger partial charge >= 0.3 is 5.97 Å². The molecule has 0 fully saturated rings. The van der Waals surface area contributed by atoms with Gasteiger partial charge in [-0.2, -0.15) is 0 Å². The van der Waals surface area contributed by atoms with Crippen molar-refractivity contribution in [3.63, 3.8) is 0 Å². The number of nitrogens with zero attached hydrogens (tertiary/aromatic N) is 4. The van der Waals surface area contributed by atoms with Gasteiger partial charge in [-0.05, 0) is 43.7 Å². The van der Waals surface area contributed by atoms with Crippen LogP contribution in [0.25, 0.3) is 5.65 Å². The molecule has 1 aromatic carbocycles. The molecule has 0 aliphatic carbocycles. The molecule has 8 heteroatoms. The zero-order chi connectivity index (χ0) is 18.7. The number of azo groups is 1. The Hall–Kier alpha value is -3.29. The van der Waals surface area contributed by atoms with Crippen LogP contribution in [-0.4, -0.2) is 29.1 Å². The van der Waals surface area contributed by atoms with E-state index >= 15 is 0 Å². The second kappa shape index (κ2) is 7.30. The molecule has 2 heterocycles. The molecule has 2 aromatic heterocycles. The Morgan fingerprint density at radius 3 is 2.81 bits per heavy atom. The predicted molar refractivity (Wildman–Crippen MR) is 93.0 cm³/mol. The van der Waals surface area contributed by atoms with Crippen LogP contribution in [0.1, 0.15) is 23.0 Å². The summed E-state index contributed by atoms with van der Waals surface area (Å²) in [5.41, 5.74) is 1.77. The fourth-order valence-electron chi connectivity index (χ4n) is 2.42. The first-order chi connectivity index (χ1) is 12.5. The number of aryl methyl sites for hydroxylation is 1. The third-order valence-corrected chi connectivity index (χ3v) is 3.61. The highest BCUT2D eigenvalue weighted by atomic mass is 19.1. The first kappa shape index (κ1) is 17.5. The van der Waals surface area contributed by atoms with Gasteiger partial charge in [0, 0.05) is 6.20 Å². The van der Waals surface area contributed by atoms with Crippen molar-refractivity contribution in [2.45, 2.75) is 13.8 Å².